The van der Waals surface area contributed by atoms with E-state index < -0.39 is 10.0 Å². The molecule has 1 saturated carbocycles. The highest BCUT2D eigenvalue weighted by Crippen LogP contribution is 2.37. The topological polar surface area (TPSA) is 37.4 Å². The number of hydrogen-bond donors (Lipinski definition) is 0. The minimum atomic E-state index is -3.66. The monoisotopic (exact) mass is 369 g/mol. The first-order chi connectivity index (χ1) is 9.77. The van der Waals surface area contributed by atoms with Crippen molar-refractivity contribution in [3.63, 3.8) is 0 Å². The van der Waals surface area contributed by atoms with Crippen LogP contribution in [0, 0.1) is 5.92 Å². The Bertz CT molecular complexity index is 627. The maximum absolute atomic E-state index is 12.9. The molecular weight excluding hydrogens is 353 g/mol. The number of rotatable bonds is 6. The smallest absolute Gasteiger partial charge is 0.207 e. The van der Waals surface area contributed by atoms with E-state index in [0.29, 0.717) is 17.1 Å². The quantitative estimate of drug-likeness (QED) is 0.689. The summed E-state index contributed by atoms with van der Waals surface area (Å²) >= 11 is 18.0. The van der Waals surface area contributed by atoms with Crippen molar-refractivity contribution < 1.29 is 8.42 Å². The first-order valence-corrected chi connectivity index (χ1v) is 9.56. The van der Waals surface area contributed by atoms with Crippen LogP contribution < -0.4 is 0 Å². The van der Waals surface area contributed by atoms with Crippen LogP contribution in [0.1, 0.15) is 32.3 Å². The molecule has 0 saturated heterocycles. The fraction of sp³-hybridized carbons (Fsp3) is 0.571. The number of halogens is 3. The summed E-state index contributed by atoms with van der Waals surface area (Å²) in [6, 6.07) is 3.08. The Labute approximate surface area is 141 Å². The summed E-state index contributed by atoms with van der Waals surface area (Å²) < 4.78 is 27.4. The van der Waals surface area contributed by atoms with Gasteiger partial charge in [-0.25, -0.2) is 8.42 Å². The van der Waals surface area contributed by atoms with Crippen molar-refractivity contribution in [3.05, 3.63) is 27.7 Å². The molecule has 0 radical (unpaired) electrons. The lowest BCUT2D eigenvalue weighted by Gasteiger charge is -2.24. The second-order valence-electron chi connectivity index (χ2n) is 5.71. The fourth-order valence-corrected chi connectivity index (χ4v) is 5.23. The van der Waals surface area contributed by atoms with Crippen molar-refractivity contribution in [2.75, 3.05) is 6.54 Å². The van der Waals surface area contributed by atoms with Crippen LogP contribution in [-0.2, 0) is 15.9 Å². The van der Waals surface area contributed by atoms with Crippen LogP contribution in [0.2, 0.25) is 10.0 Å². The van der Waals surface area contributed by atoms with Gasteiger partial charge in [-0.1, -0.05) is 37.0 Å². The van der Waals surface area contributed by atoms with Gasteiger partial charge in [0.05, 0.1) is 5.02 Å². The summed E-state index contributed by atoms with van der Waals surface area (Å²) in [4.78, 5) is 0.0554. The largest absolute Gasteiger partial charge is 0.244 e. The molecule has 1 fully saturated rings. The molecule has 2 rings (SSSR count). The Balaban J connectivity index is 2.49. The molecular formula is C14H18Cl3NO2S. The fourth-order valence-electron chi connectivity index (χ4n) is 2.20. The predicted molar refractivity (Wildman–Crippen MR) is 87.8 cm³/mol. The van der Waals surface area contributed by atoms with Crippen LogP contribution in [0.25, 0.3) is 0 Å². The van der Waals surface area contributed by atoms with Crippen LogP contribution in [0.3, 0.4) is 0 Å². The average molecular weight is 371 g/mol. The van der Waals surface area contributed by atoms with Gasteiger partial charge < -0.3 is 0 Å². The van der Waals surface area contributed by atoms with E-state index >= 15 is 0 Å². The van der Waals surface area contributed by atoms with Crippen LogP contribution >= 0.6 is 34.8 Å². The molecule has 3 nitrogen and oxygen atoms in total. The lowest BCUT2D eigenvalue weighted by atomic mass is 10.2. The molecule has 7 heteroatoms. The number of benzene rings is 1. The third kappa shape index (κ3) is 3.85. The molecule has 0 unspecified atom stereocenters. The van der Waals surface area contributed by atoms with Gasteiger partial charge in [-0.2, -0.15) is 4.31 Å². The summed E-state index contributed by atoms with van der Waals surface area (Å²) in [6.45, 7) is 4.47. The molecule has 0 bridgehead atoms. The van der Waals surface area contributed by atoms with Gasteiger partial charge >= 0.3 is 0 Å². The molecule has 0 atom stereocenters. The Morgan fingerprint density at radius 2 is 1.90 bits per heavy atom. The van der Waals surface area contributed by atoms with Crippen LogP contribution in [0.15, 0.2) is 17.0 Å². The first kappa shape index (κ1) is 17.4. The molecule has 0 aliphatic heterocycles. The van der Waals surface area contributed by atoms with Gasteiger partial charge in [-0.05, 0) is 36.5 Å². The van der Waals surface area contributed by atoms with Gasteiger partial charge in [-0.15, -0.1) is 11.6 Å². The molecule has 1 aromatic rings. The lowest BCUT2D eigenvalue weighted by molar-refractivity contribution is 0.360. The zero-order chi connectivity index (χ0) is 15.8. The van der Waals surface area contributed by atoms with Gasteiger partial charge in [0.2, 0.25) is 10.0 Å². The molecule has 0 heterocycles. The van der Waals surface area contributed by atoms with E-state index in [4.69, 9.17) is 34.8 Å². The molecule has 118 valence electrons. The van der Waals surface area contributed by atoms with Gasteiger partial charge in [0, 0.05) is 23.5 Å². The van der Waals surface area contributed by atoms with Gasteiger partial charge in [-0.3, -0.25) is 0 Å². The van der Waals surface area contributed by atoms with Crippen molar-refractivity contribution in [2.45, 2.75) is 43.5 Å². The normalized spacial score (nSPS) is 16.0. The average Bonchev–Trinajstić information content (AvgIpc) is 3.22. The molecule has 0 aromatic heterocycles. The van der Waals surface area contributed by atoms with E-state index in [2.05, 4.69) is 0 Å². The van der Waals surface area contributed by atoms with E-state index in [1.165, 1.54) is 6.07 Å². The molecule has 0 N–H and O–H groups in total. The highest BCUT2D eigenvalue weighted by molar-refractivity contribution is 7.89. The van der Waals surface area contributed by atoms with Gasteiger partial charge in [0.15, 0.2) is 0 Å². The van der Waals surface area contributed by atoms with E-state index in [1.54, 1.807) is 10.4 Å². The van der Waals surface area contributed by atoms with Crippen molar-refractivity contribution in [3.8, 4) is 0 Å². The highest BCUT2D eigenvalue weighted by atomic mass is 35.5. The standard InChI is InChI=1S/C14H18Cl3NO2S/c1-9(2)8-18(12-3-4-12)21(19,20)13-6-11(16)5-10(7-15)14(13)17/h5-6,9,12H,3-4,7-8H2,1-2H3. The van der Waals surface area contributed by atoms with Gasteiger partial charge in [0.1, 0.15) is 4.90 Å². The Kier molecular flexibility index (Phi) is 5.48. The molecule has 1 aliphatic carbocycles. The Morgan fingerprint density at radius 1 is 1.29 bits per heavy atom. The van der Waals surface area contributed by atoms with Crippen LogP contribution in [0.4, 0.5) is 0 Å². The number of alkyl halides is 1. The van der Waals surface area contributed by atoms with E-state index in [1.807, 2.05) is 13.8 Å². The highest BCUT2D eigenvalue weighted by Gasteiger charge is 2.39. The van der Waals surface area contributed by atoms with E-state index in [9.17, 15) is 8.42 Å². The molecule has 1 aromatic carbocycles. The maximum Gasteiger partial charge on any atom is 0.244 e. The van der Waals surface area contributed by atoms with Crippen LogP contribution in [-0.4, -0.2) is 25.3 Å². The number of hydrogen-bond acceptors (Lipinski definition) is 2. The van der Waals surface area contributed by atoms with Crippen molar-refractivity contribution >= 4 is 44.8 Å². The summed E-state index contributed by atoms with van der Waals surface area (Å²) in [5, 5.41) is 0.498. The zero-order valence-corrected chi connectivity index (χ0v) is 15.0. The Morgan fingerprint density at radius 3 is 2.38 bits per heavy atom. The zero-order valence-electron chi connectivity index (χ0n) is 11.9. The lowest BCUT2D eigenvalue weighted by Crippen LogP contribution is -2.36. The van der Waals surface area contributed by atoms with Crippen molar-refractivity contribution in [2.24, 2.45) is 5.92 Å². The first-order valence-electron chi connectivity index (χ1n) is 6.83. The molecule has 1 aliphatic rings. The summed E-state index contributed by atoms with van der Waals surface area (Å²) in [7, 11) is -3.66. The molecule has 0 spiro atoms. The Hall–Kier alpha value is -0.000000000000000111. The minimum Gasteiger partial charge on any atom is -0.207 e. The van der Waals surface area contributed by atoms with E-state index in [-0.39, 0.29) is 27.8 Å². The van der Waals surface area contributed by atoms with Gasteiger partial charge in [0.25, 0.3) is 0 Å². The van der Waals surface area contributed by atoms with Crippen molar-refractivity contribution in [1.82, 2.24) is 4.31 Å². The summed E-state index contributed by atoms with van der Waals surface area (Å²) in [6.07, 6.45) is 1.79. The molecule has 21 heavy (non-hydrogen) atoms. The summed E-state index contributed by atoms with van der Waals surface area (Å²) in [5.41, 5.74) is 0.532. The second kappa shape index (κ2) is 6.63. The number of sulfonamides is 1. The molecule has 0 amide bonds. The van der Waals surface area contributed by atoms with E-state index in [0.717, 1.165) is 12.8 Å². The van der Waals surface area contributed by atoms with Crippen LogP contribution in [0.5, 0.6) is 0 Å². The predicted octanol–water partition coefficient (Wildman–Crippen LogP) is 4.54. The number of nitrogens with zero attached hydrogens (tertiary/aromatic N) is 1. The third-order valence-corrected chi connectivity index (χ3v) is 6.32. The second-order valence-corrected chi connectivity index (χ2v) is 8.65. The van der Waals surface area contributed by atoms with Crippen molar-refractivity contribution in [1.29, 1.82) is 0 Å². The SMILES string of the molecule is CC(C)CN(C1CC1)S(=O)(=O)c1cc(Cl)cc(CCl)c1Cl. The summed E-state index contributed by atoms with van der Waals surface area (Å²) in [5.74, 6) is 0.362. The maximum atomic E-state index is 12.9. The minimum absolute atomic E-state index is 0.0554. The third-order valence-electron chi connectivity index (χ3n) is 3.31.